The lowest BCUT2D eigenvalue weighted by atomic mass is 10.3. The fourth-order valence-corrected chi connectivity index (χ4v) is 2.69. The van der Waals surface area contributed by atoms with Crippen molar-refractivity contribution in [1.29, 1.82) is 0 Å². The van der Waals surface area contributed by atoms with E-state index < -0.39 is 0 Å². The summed E-state index contributed by atoms with van der Waals surface area (Å²) in [6, 6.07) is 0. The van der Waals surface area contributed by atoms with Gasteiger partial charge in [0.15, 0.2) is 0 Å². The largest absolute Gasteiger partial charge is 0.390 e. The van der Waals surface area contributed by atoms with E-state index in [0.29, 0.717) is 5.66 Å². The zero-order valence-electron chi connectivity index (χ0n) is 6.15. The van der Waals surface area contributed by atoms with Gasteiger partial charge in [0.05, 0.1) is 0 Å². The van der Waals surface area contributed by atoms with Crippen molar-refractivity contribution in [2.45, 2.75) is 19.0 Å². The van der Waals surface area contributed by atoms with Crippen LogP contribution >= 0.6 is 20.2 Å². The Morgan fingerprint density at radius 2 is 2.70 bits per heavy atom. The number of hydrogen-bond acceptors (Lipinski definition) is 1. The first-order valence-corrected chi connectivity index (χ1v) is 5.33. The molecular formula is C7H13ClNP. The van der Waals surface area contributed by atoms with Crippen molar-refractivity contribution in [2.75, 3.05) is 12.7 Å². The van der Waals surface area contributed by atoms with Crippen LogP contribution in [0.5, 0.6) is 0 Å². The summed E-state index contributed by atoms with van der Waals surface area (Å²) in [4.78, 5) is 0. The normalized spacial score (nSPS) is 29.0. The van der Waals surface area contributed by atoms with Gasteiger partial charge in [0.1, 0.15) is 0 Å². The van der Waals surface area contributed by atoms with Crippen molar-refractivity contribution < 1.29 is 0 Å². The van der Waals surface area contributed by atoms with E-state index in [2.05, 4.69) is 12.2 Å². The third-order valence-electron chi connectivity index (χ3n) is 1.64. The maximum Gasteiger partial charge on any atom is 0.0408 e. The van der Waals surface area contributed by atoms with Crippen LogP contribution in [-0.4, -0.2) is 18.4 Å². The van der Waals surface area contributed by atoms with E-state index in [1.165, 1.54) is 12.6 Å². The van der Waals surface area contributed by atoms with Gasteiger partial charge in [-0.1, -0.05) is 18.5 Å². The molecule has 10 heavy (non-hydrogen) atoms. The van der Waals surface area contributed by atoms with Gasteiger partial charge in [0.25, 0.3) is 0 Å². The molecule has 1 aliphatic heterocycles. The lowest BCUT2D eigenvalue weighted by molar-refractivity contribution is 0.923. The highest BCUT2D eigenvalue weighted by Crippen LogP contribution is 2.31. The number of hydrogen-bond donors (Lipinski definition) is 1. The molecule has 1 nitrogen and oxygen atoms in total. The molecule has 0 saturated carbocycles. The third-order valence-corrected chi connectivity index (χ3v) is 3.95. The molecule has 1 N–H and O–H groups in total. The Morgan fingerprint density at radius 1 is 1.90 bits per heavy atom. The van der Waals surface area contributed by atoms with Crippen molar-refractivity contribution in [1.82, 2.24) is 5.32 Å². The first-order valence-electron chi connectivity index (χ1n) is 3.67. The molecule has 0 aromatic rings. The molecule has 0 bridgehead atoms. The van der Waals surface area contributed by atoms with E-state index in [1.807, 2.05) is 6.20 Å². The van der Waals surface area contributed by atoms with Crippen LogP contribution in [0.1, 0.15) is 13.3 Å². The van der Waals surface area contributed by atoms with Crippen LogP contribution in [-0.2, 0) is 0 Å². The van der Waals surface area contributed by atoms with Crippen molar-refractivity contribution in [2.24, 2.45) is 0 Å². The maximum absolute atomic E-state index is 5.99. The molecule has 2 atom stereocenters. The molecule has 1 aliphatic rings. The summed E-state index contributed by atoms with van der Waals surface area (Å²) in [6.45, 7) is 3.28. The average Bonchev–Trinajstić information content (AvgIpc) is 2.13. The molecule has 3 heteroatoms. The van der Waals surface area contributed by atoms with Crippen LogP contribution in [0.25, 0.3) is 0 Å². The summed E-state index contributed by atoms with van der Waals surface area (Å²) in [5.74, 6) is 0. The molecule has 0 spiro atoms. The van der Waals surface area contributed by atoms with E-state index in [9.17, 15) is 0 Å². The molecule has 2 unspecified atom stereocenters. The van der Waals surface area contributed by atoms with Gasteiger partial charge in [-0.15, -0.1) is 8.58 Å². The fraction of sp³-hybridized carbons (Fsp3) is 0.714. The molecule has 0 saturated heterocycles. The van der Waals surface area contributed by atoms with Gasteiger partial charge in [-0.3, -0.25) is 0 Å². The summed E-state index contributed by atoms with van der Waals surface area (Å²) in [5, 5.41) is 4.19. The minimum absolute atomic E-state index is 0.636. The van der Waals surface area contributed by atoms with Gasteiger partial charge in [0.2, 0.25) is 0 Å². The lowest BCUT2D eigenvalue weighted by Gasteiger charge is -2.09. The van der Waals surface area contributed by atoms with Crippen molar-refractivity contribution >= 4 is 20.2 Å². The number of nitrogens with one attached hydrogen (secondary N) is 1. The van der Waals surface area contributed by atoms with E-state index in [-0.39, 0.29) is 0 Å². The van der Waals surface area contributed by atoms with Gasteiger partial charge in [-0.05, 0) is 12.6 Å². The molecule has 0 amide bonds. The van der Waals surface area contributed by atoms with Crippen molar-refractivity contribution in [3.8, 4) is 0 Å². The zero-order valence-corrected chi connectivity index (χ0v) is 7.91. The van der Waals surface area contributed by atoms with Crippen molar-refractivity contribution in [3.05, 3.63) is 11.2 Å². The second-order valence-electron chi connectivity index (χ2n) is 2.40. The van der Waals surface area contributed by atoms with E-state index in [1.54, 1.807) is 0 Å². The highest BCUT2D eigenvalue weighted by atomic mass is 35.5. The van der Waals surface area contributed by atoms with E-state index >= 15 is 0 Å². The van der Waals surface area contributed by atoms with Crippen LogP contribution in [0.4, 0.5) is 0 Å². The number of rotatable bonds is 1. The summed E-state index contributed by atoms with van der Waals surface area (Å²) < 4.78 is 0. The van der Waals surface area contributed by atoms with Gasteiger partial charge in [-0.2, -0.15) is 0 Å². The van der Waals surface area contributed by atoms with Crippen LogP contribution < -0.4 is 5.32 Å². The van der Waals surface area contributed by atoms with Gasteiger partial charge in [-0.25, -0.2) is 0 Å². The maximum atomic E-state index is 5.99. The third kappa shape index (κ3) is 2.14. The Hall–Kier alpha value is 0.260. The minimum Gasteiger partial charge on any atom is -0.390 e. The summed E-state index contributed by atoms with van der Waals surface area (Å²) in [6.07, 6.45) is 4.40. The molecule has 0 radical (unpaired) electrons. The lowest BCUT2D eigenvalue weighted by Crippen LogP contribution is -2.06. The quantitative estimate of drug-likeness (QED) is 0.605. The Morgan fingerprint density at radius 3 is 3.40 bits per heavy atom. The molecule has 0 aliphatic carbocycles. The Balaban J connectivity index is 2.51. The highest BCUT2D eigenvalue weighted by molar-refractivity contribution is 7.39. The molecule has 0 fully saturated rings. The van der Waals surface area contributed by atoms with Gasteiger partial charge in [0, 0.05) is 23.4 Å². The molecule has 58 valence electrons. The molecule has 1 heterocycles. The topological polar surface area (TPSA) is 12.0 Å². The van der Waals surface area contributed by atoms with Crippen LogP contribution in [0.15, 0.2) is 11.2 Å². The smallest absolute Gasteiger partial charge is 0.0408 e. The molecular weight excluding hydrogens is 165 g/mol. The standard InChI is InChI=1S/C7H13ClNP/c1-2-7-6(8)5-9-3-4-10-7/h5,7,9-10H,2-4H2,1H3. The average molecular weight is 178 g/mol. The second-order valence-corrected chi connectivity index (χ2v) is 4.44. The Bertz CT molecular complexity index is 136. The zero-order chi connectivity index (χ0) is 7.40. The van der Waals surface area contributed by atoms with Gasteiger partial charge < -0.3 is 5.32 Å². The van der Waals surface area contributed by atoms with E-state index in [0.717, 1.165) is 20.2 Å². The van der Waals surface area contributed by atoms with Crippen LogP contribution in [0, 0.1) is 0 Å². The number of allylic oxidation sites excluding steroid dienone is 1. The Labute approximate surface area is 69.0 Å². The molecule has 0 aromatic heterocycles. The molecule has 1 rings (SSSR count). The fourth-order valence-electron chi connectivity index (χ4n) is 1.03. The first kappa shape index (κ1) is 8.36. The SMILES string of the molecule is CCC1PCCNC=C1Cl. The van der Waals surface area contributed by atoms with Crippen LogP contribution in [0.2, 0.25) is 0 Å². The summed E-state index contributed by atoms with van der Waals surface area (Å²) >= 11 is 5.99. The minimum atomic E-state index is 0.636. The van der Waals surface area contributed by atoms with Crippen LogP contribution in [0.3, 0.4) is 0 Å². The number of halogens is 1. The predicted octanol–water partition coefficient (Wildman–Crippen LogP) is 2.13. The monoisotopic (exact) mass is 177 g/mol. The summed E-state index contributed by atoms with van der Waals surface area (Å²) in [7, 11) is 1.00. The Kier molecular flexibility index (Phi) is 3.51. The van der Waals surface area contributed by atoms with E-state index in [4.69, 9.17) is 11.6 Å². The molecule has 0 aromatic carbocycles. The van der Waals surface area contributed by atoms with Gasteiger partial charge >= 0.3 is 0 Å². The predicted molar refractivity (Wildman–Crippen MR) is 49.2 cm³/mol. The second kappa shape index (κ2) is 4.20. The van der Waals surface area contributed by atoms with Crippen molar-refractivity contribution in [3.63, 3.8) is 0 Å². The highest BCUT2D eigenvalue weighted by Gasteiger charge is 2.11. The summed E-state index contributed by atoms with van der Waals surface area (Å²) in [5.41, 5.74) is 0.636. The first-order chi connectivity index (χ1) is 4.84.